The van der Waals surface area contributed by atoms with Gasteiger partial charge in [0.2, 0.25) is 11.8 Å². The summed E-state index contributed by atoms with van der Waals surface area (Å²) < 4.78 is 5.21. The van der Waals surface area contributed by atoms with Crippen LogP contribution in [0.15, 0.2) is 29.3 Å². The Morgan fingerprint density at radius 3 is 2.77 bits per heavy atom. The summed E-state index contributed by atoms with van der Waals surface area (Å²) in [7, 11) is 1.55. The number of thioether (sulfide) groups is 1. The number of carbonyl (C=O) groups excluding carboxylic acids is 2. The predicted octanol–water partition coefficient (Wildman–Crippen LogP) is 1.95. The molecule has 2 amide bonds. The minimum atomic E-state index is -0.461. The third-order valence-corrected chi connectivity index (χ3v) is 5.21. The lowest BCUT2D eigenvalue weighted by Crippen LogP contribution is -2.29. The molecule has 2 rings (SSSR count). The maximum Gasteiger partial charge on any atom is 0.240 e. The van der Waals surface area contributed by atoms with E-state index in [9.17, 15) is 9.59 Å². The van der Waals surface area contributed by atoms with E-state index in [2.05, 4.69) is 34.4 Å². The highest BCUT2D eigenvalue weighted by Gasteiger charge is 2.32. The molecule has 1 aromatic carbocycles. The van der Waals surface area contributed by atoms with Gasteiger partial charge >= 0.3 is 0 Å². The molecule has 1 heterocycles. The number of hydrogen-bond acceptors (Lipinski definition) is 6. The number of amidine groups is 1. The van der Waals surface area contributed by atoms with Crippen LogP contribution in [0.3, 0.4) is 0 Å². The molecule has 142 valence electrons. The van der Waals surface area contributed by atoms with E-state index in [1.807, 2.05) is 12.1 Å². The lowest BCUT2D eigenvalue weighted by Gasteiger charge is -2.16. The third-order valence-electron chi connectivity index (χ3n) is 4.09. The molecule has 0 unspecified atom stereocenters. The minimum absolute atomic E-state index is 0.0869. The van der Waals surface area contributed by atoms with Crippen LogP contribution < -0.4 is 15.4 Å². The molecule has 1 saturated heterocycles. The number of methoxy groups -OCH3 is 1. The van der Waals surface area contributed by atoms with Gasteiger partial charge in [0.15, 0.2) is 5.17 Å². The van der Waals surface area contributed by atoms with Gasteiger partial charge in [0, 0.05) is 13.0 Å². The van der Waals surface area contributed by atoms with Gasteiger partial charge in [-0.3, -0.25) is 14.6 Å². The Bertz CT molecular complexity index is 662. The van der Waals surface area contributed by atoms with Gasteiger partial charge in [-0.2, -0.15) is 0 Å². The summed E-state index contributed by atoms with van der Waals surface area (Å²) in [4.78, 5) is 31.0. The fraction of sp³-hybridized carbons (Fsp3) is 0.500. The van der Waals surface area contributed by atoms with Gasteiger partial charge in [-0.1, -0.05) is 37.7 Å². The molecular formula is C18H26N4O3S. The average Bonchev–Trinajstić information content (AvgIpc) is 2.98. The van der Waals surface area contributed by atoms with Gasteiger partial charge in [0.1, 0.15) is 11.0 Å². The SMILES string of the molecule is CCN(CC)CCN=C1NC(=O)[C@H](CC(=O)Nc2ccccc2OC)S1. The Morgan fingerprint density at radius 2 is 2.08 bits per heavy atom. The number of hydrogen-bond donors (Lipinski definition) is 2. The second kappa shape index (κ2) is 10.2. The molecule has 0 saturated carbocycles. The summed E-state index contributed by atoms with van der Waals surface area (Å²) in [6, 6.07) is 7.18. The molecule has 0 bridgehead atoms. The zero-order chi connectivity index (χ0) is 18.9. The highest BCUT2D eigenvalue weighted by atomic mass is 32.2. The van der Waals surface area contributed by atoms with E-state index in [1.54, 1.807) is 19.2 Å². The lowest BCUT2D eigenvalue weighted by molar-refractivity contribution is -0.122. The quantitative estimate of drug-likeness (QED) is 0.686. The molecule has 1 atom stereocenters. The number of rotatable bonds is 9. The summed E-state index contributed by atoms with van der Waals surface area (Å²) in [6.45, 7) is 7.66. The van der Waals surface area contributed by atoms with Crippen molar-refractivity contribution in [2.75, 3.05) is 38.6 Å². The first-order valence-corrected chi connectivity index (χ1v) is 9.62. The predicted molar refractivity (Wildman–Crippen MR) is 106 cm³/mol. The van der Waals surface area contributed by atoms with Crippen molar-refractivity contribution < 1.29 is 14.3 Å². The number of anilines is 1. The number of carbonyl (C=O) groups is 2. The summed E-state index contributed by atoms with van der Waals surface area (Å²) >= 11 is 1.31. The Labute approximate surface area is 158 Å². The van der Waals surface area contributed by atoms with E-state index >= 15 is 0 Å². The molecule has 1 fully saturated rings. The van der Waals surface area contributed by atoms with E-state index in [-0.39, 0.29) is 18.2 Å². The van der Waals surface area contributed by atoms with E-state index in [4.69, 9.17) is 4.74 Å². The van der Waals surface area contributed by atoms with Crippen molar-refractivity contribution >= 4 is 34.4 Å². The average molecular weight is 378 g/mol. The molecule has 2 N–H and O–H groups in total. The molecule has 1 aliphatic rings. The number of para-hydroxylation sites is 2. The summed E-state index contributed by atoms with van der Waals surface area (Å²) in [5.41, 5.74) is 0.594. The second-order valence-electron chi connectivity index (χ2n) is 5.76. The van der Waals surface area contributed by atoms with Crippen LogP contribution in [-0.2, 0) is 9.59 Å². The molecule has 0 aromatic heterocycles. The lowest BCUT2D eigenvalue weighted by atomic mass is 10.2. The molecule has 7 nitrogen and oxygen atoms in total. The largest absolute Gasteiger partial charge is 0.495 e. The standard InChI is InChI=1S/C18H26N4O3S/c1-4-22(5-2)11-10-19-18-21-17(24)15(26-18)12-16(23)20-13-8-6-7-9-14(13)25-3/h6-9,15H,4-5,10-12H2,1-3H3,(H,20,23)(H,19,21,24)/t15-/m0/s1. The van der Waals surface area contributed by atoms with Gasteiger partial charge in [-0.25, -0.2) is 0 Å². The van der Waals surface area contributed by atoms with E-state index < -0.39 is 5.25 Å². The number of nitrogens with one attached hydrogen (secondary N) is 2. The number of likely N-dealkylation sites (N-methyl/N-ethyl adjacent to an activating group) is 1. The molecule has 0 aliphatic carbocycles. The Hall–Kier alpha value is -2.06. The van der Waals surface area contributed by atoms with Crippen LogP contribution in [0, 0.1) is 0 Å². The third kappa shape index (κ3) is 5.74. The highest BCUT2D eigenvalue weighted by Crippen LogP contribution is 2.26. The summed E-state index contributed by atoms with van der Waals surface area (Å²) in [5.74, 6) is 0.182. The van der Waals surface area contributed by atoms with Crippen molar-refractivity contribution in [2.45, 2.75) is 25.5 Å². The van der Waals surface area contributed by atoms with Crippen LogP contribution in [0.4, 0.5) is 5.69 Å². The monoisotopic (exact) mass is 378 g/mol. The van der Waals surface area contributed by atoms with Crippen LogP contribution in [-0.4, -0.2) is 60.4 Å². The van der Waals surface area contributed by atoms with E-state index in [1.165, 1.54) is 11.8 Å². The van der Waals surface area contributed by atoms with Crippen molar-refractivity contribution in [3.8, 4) is 5.75 Å². The van der Waals surface area contributed by atoms with Crippen LogP contribution >= 0.6 is 11.8 Å². The maximum absolute atomic E-state index is 12.3. The first kappa shape index (κ1) is 20.3. The highest BCUT2D eigenvalue weighted by molar-refractivity contribution is 8.15. The number of nitrogens with zero attached hydrogens (tertiary/aromatic N) is 2. The van der Waals surface area contributed by atoms with Crippen molar-refractivity contribution in [3.63, 3.8) is 0 Å². The second-order valence-corrected chi connectivity index (χ2v) is 6.95. The maximum atomic E-state index is 12.3. The fourth-order valence-corrected chi connectivity index (χ4v) is 3.56. The van der Waals surface area contributed by atoms with Crippen molar-refractivity contribution in [1.29, 1.82) is 0 Å². The number of amides is 2. The van der Waals surface area contributed by atoms with Gasteiger partial charge in [0.05, 0.1) is 19.3 Å². The van der Waals surface area contributed by atoms with Crippen LogP contribution in [0.25, 0.3) is 0 Å². The summed E-state index contributed by atoms with van der Waals surface area (Å²) in [5, 5.41) is 5.68. The fourth-order valence-electron chi connectivity index (χ4n) is 2.57. The Balaban J connectivity index is 1.86. The molecule has 0 spiro atoms. The molecule has 8 heteroatoms. The zero-order valence-corrected chi connectivity index (χ0v) is 16.3. The van der Waals surface area contributed by atoms with Gasteiger partial charge in [-0.15, -0.1) is 0 Å². The number of ether oxygens (including phenoxy) is 1. The Kier molecular flexibility index (Phi) is 7.93. The summed E-state index contributed by atoms with van der Waals surface area (Å²) in [6.07, 6.45) is 0.0869. The first-order chi connectivity index (χ1) is 12.6. The molecule has 1 aliphatic heterocycles. The van der Waals surface area contributed by atoms with Crippen LogP contribution in [0.2, 0.25) is 0 Å². The molecular weight excluding hydrogens is 352 g/mol. The van der Waals surface area contributed by atoms with E-state index in [0.29, 0.717) is 23.1 Å². The van der Waals surface area contributed by atoms with Gasteiger partial charge < -0.3 is 20.3 Å². The van der Waals surface area contributed by atoms with Crippen LogP contribution in [0.1, 0.15) is 20.3 Å². The topological polar surface area (TPSA) is 83.0 Å². The van der Waals surface area contributed by atoms with Crippen molar-refractivity contribution in [3.05, 3.63) is 24.3 Å². The molecule has 26 heavy (non-hydrogen) atoms. The molecule has 1 aromatic rings. The van der Waals surface area contributed by atoms with Gasteiger partial charge in [0.25, 0.3) is 0 Å². The molecule has 0 radical (unpaired) electrons. The minimum Gasteiger partial charge on any atom is -0.495 e. The first-order valence-electron chi connectivity index (χ1n) is 8.74. The Morgan fingerprint density at radius 1 is 1.35 bits per heavy atom. The van der Waals surface area contributed by atoms with Gasteiger partial charge in [-0.05, 0) is 25.2 Å². The number of aliphatic imine (C=N–C) groups is 1. The normalized spacial score (nSPS) is 18.2. The zero-order valence-electron chi connectivity index (χ0n) is 15.4. The smallest absolute Gasteiger partial charge is 0.240 e. The van der Waals surface area contributed by atoms with Crippen molar-refractivity contribution in [1.82, 2.24) is 10.2 Å². The number of benzene rings is 1. The van der Waals surface area contributed by atoms with E-state index in [0.717, 1.165) is 19.6 Å². The van der Waals surface area contributed by atoms with Crippen molar-refractivity contribution in [2.24, 2.45) is 4.99 Å². The van der Waals surface area contributed by atoms with Crippen LogP contribution in [0.5, 0.6) is 5.75 Å².